The van der Waals surface area contributed by atoms with Gasteiger partial charge in [0.2, 0.25) is 0 Å². The molecule has 100 valence electrons. The van der Waals surface area contributed by atoms with Crippen LogP contribution in [0.3, 0.4) is 0 Å². The fraction of sp³-hybridized carbons (Fsp3) is 0.923. The number of carbonyl (C=O) groups excluding carboxylic acids is 1. The van der Waals surface area contributed by atoms with E-state index >= 15 is 0 Å². The number of aliphatic hydroxyl groups excluding tert-OH is 2. The molecule has 1 fully saturated rings. The molecule has 0 spiro atoms. The molecule has 0 saturated carbocycles. The second-order valence-electron chi connectivity index (χ2n) is 4.87. The van der Waals surface area contributed by atoms with E-state index in [1.807, 2.05) is 0 Å². The van der Waals surface area contributed by atoms with Crippen molar-refractivity contribution in [3.05, 3.63) is 0 Å². The maximum absolute atomic E-state index is 11.4. The third-order valence-corrected chi connectivity index (χ3v) is 3.47. The molecule has 2 N–H and O–H groups in total. The minimum absolute atomic E-state index is 0.0939. The van der Waals surface area contributed by atoms with E-state index in [0.29, 0.717) is 6.42 Å². The summed E-state index contributed by atoms with van der Waals surface area (Å²) in [4.78, 5) is 11.4. The number of ether oxygens (including phenoxy) is 1. The summed E-state index contributed by atoms with van der Waals surface area (Å²) >= 11 is 0. The lowest BCUT2D eigenvalue weighted by Crippen LogP contribution is -2.31. The molecule has 1 aliphatic rings. The van der Waals surface area contributed by atoms with E-state index < -0.39 is 12.0 Å². The van der Waals surface area contributed by atoms with Crippen LogP contribution in [0.2, 0.25) is 0 Å². The summed E-state index contributed by atoms with van der Waals surface area (Å²) in [5.74, 6) is -1.11. The van der Waals surface area contributed by atoms with E-state index in [1.165, 1.54) is 19.3 Å². The van der Waals surface area contributed by atoms with Crippen LogP contribution >= 0.6 is 0 Å². The summed E-state index contributed by atoms with van der Waals surface area (Å²) < 4.78 is 4.88. The summed E-state index contributed by atoms with van der Waals surface area (Å²) in [6.45, 7) is 2.31. The van der Waals surface area contributed by atoms with Crippen molar-refractivity contribution >= 4 is 5.97 Å². The predicted molar refractivity (Wildman–Crippen MR) is 64.4 cm³/mol. The van der Waals surface area contributed by atoms with Gasteiger partial charge in [0, 0.05) is 5.92 Å². The van der Waals surface area contributed by atoms with Gasteiger partial charge >= 0.3 is 5.97 Å². The molecular weight excluding hydrogens is 220 g/mol. The van der Waals surface area contributed by atoms with Crippen molar-refractivity contribution in [2.45, 2.75) is 51.6 Å². The summed E-state index contributed by atoms with van der Waals surface area (Å²) in [5.41, 5.74) is 0. The molecule has 0 amide bonds. The second kappa shape index (κ2) is 7.67. The molecule has 1 saturated heterocycles. The minimum Gasteiger partial charge on any atom is -0.465 e. The van der Waals surface area contributed by atoms with Gasteiger partial charge in [0.1, 0.15) is 0 Å². The van der Waals surface area contributed by atoms with Crippen LogP contribution in [-0.2, 0) is 9.53 Å². The van der Waals surface area contributed by atoms with Crippen LogP contribution in [-0.4, -0.2) is 35.5 Å². The van der Waals surface area contributed by atoms with Crippen molar-refractivity contribution in [2.24, 2.45) is 11.8 Å². The van der Waals surface area contributed by atoms with Crippen LogP contribution in [0.1, 0.15) is 45.4 Å². The first-order chi connectivity index (χ1) is 8.20. The summed E-state index contributed by atoms with van der Waals surface area (Å²) in [6, 6.07) is 0. The molecule has 0 aromatic rings. The Bertz CT molecular complexity index is 229. The van der Waals surface area contributed by atoms with Gasteiger partial charge in [-0.15, -0.1) is 0 Å². The zero-order valence-corrected chi connectivity index (χ0v) is 10.6. The highest BCUT2D eigenvalue weighted by molar-refractivity contribution is 5.75. The van der Waals surface area contributed by atoms with Crippen LogP contribution in [0.5, 0.6) is 0 Å². The second-order valence-corrected chi connectivity index (χ2v) is 4.87. The van der Waals surface area contributed by atoms with Gasteiger partial charge in [-0.3, -0.25) is 4.79 Å². The number of hydrogen-bond acceptors (Lipinski definition) is 4. The van der Waals surface area contributed by atoms with Gasteiger partial charge < -0.3 is 14.9 Å². The van der Waals surface area contributed by atoms with Crippen molar-refractivity contribution in [1.29, 1.82) is 0 Å². The zero-order valence-electron chi connectivity index (χ0n) is 10.6. The molecule has 1 rings (SSSR count). The molecule has 1 heterocycles. The van der Waals surface area contributed by atoms with Crippen LogP contribution < -0.4 is 0 Å². The van der Waals surface area contributed by atoms with Crippen LogP contribution in [0.15, 0.2) is 0 Å². The SMILES string of the molecule is CCCCCCC[C@H](O)[C@H]1C(=O)OC[C@@H]1CO. The van der Waals surface area contributed by atoms with Gasteiger partial charge in [-0.05, 0) is 6.42 Å². The fourth-order valence-corrected chi connectivity index (χ4v) is 2.36. The van der Waals surface area contributed by atoms with Crippen molar-refractivity contribution in [3.8, 4) is 0 Å². The van der Waals surface area contributed by atoms with Crippen LogP contribution in [0.25, 0.3) is 0 Å². The monoisotopic (exact) mass is 244 g/mol. The first-order valence-electron chi connectivity index (χ1n) is 6.66. The molecule has 0 aromatic heterocycles. The number of esters is 1. The number of cyclic esters (lactones) is 1. The molecule has 4 heteroatoms. The smallest absolute Gasteiger partial charge is 0.312 e. The van der Waals surface area contributed by atoms with E-state index in [9.17, 15) is 9.90 Å². The minimum atomic E-state index is -0.663. The van der Waals surface area contributed by atoms with Crippen molar-refractivity contribution < 1.29 is 19.7 Å². The van der Waals surface area contributed by atoms with Crippen molar-refractivity contribution in [2.75, 3.05) is 13.2 Å². The van der Waals surface area contributed by atoms with E-state index in [1.54, 1.807) is 0 Å². The first kappa shape index (κ1) is 14.5. The molecule has 0 aromatic carbocycles. The lowest BCUT2D eigenvalue weighted by Gasteiger charge is -2.19. The lowest BCUT2D eigenvalue weighted by molar-refractivity contribution is -0.144. The quantitative estimate of drug-likeness (QED) is 0.501. The topological polar surface area (TPSA) is 66.8 Å². The molecule has 4 nitrogen and oxygen atoms in total. The van der Waals surface area contributed by atoms with E-state index in [2.05, 4.69) is 6.92 Å². The Kier molecular flexibility index (Phi) is 6.52. The van der Waals surface area contributed by atoms with Crippen LogP contribution in [0.4, 0.5) is 0 Å². The van der Waals surface area contributed by atoms with Gasteiger partial charge in [-0.2, -0.15) is 0 Å². The maximum Gasteiger partial charge on any atom is 0.312 e. The van der Waals surface area contributed by atoms with E-state index in [0.717, 1.165) is 12.8 Å². The number of aliphatic hydroxyl groups is 2. The van der Waals surface area contributed by atoms with Gasteiger partial charge in [-0.25, -0.2) is 0 Å². The Morgan fingerprint density at radius 1 is 1.35 bits per heavy atom. The predicted octanol–water partition coefficient (Wildman–Crippen LogP) is 1.49. The summed E-state index contributed by atoms with van der Waals surface area (Å²) in [6.07, 6.45) is 5.59. The third kappa shape index (κ3) is 4.28. The highest BCUT2D eigenvalue weighted by atomic mass is 16.5. The highest BCUT2D eigenvalue weighted by Crippen LogP contribution is 2.27. The van der Waals surface area contributed by atoms with Gasteiger partial charge in [-0.1, -0.05) is 39.0 Å². The molecule has 1 aliphatic heterocycles. The zero-order chi connectivity index (χ0) is 12.7. The fourth-order valence-electron chi connectivity index (χ4n) is 2.36. The number of unbranched alkanes of at least 4 members (excludes halogenated alkanes) is 4. The van der Waals surface area contributed by atoms with Crippen molar-refractivity contribution in [3.63, 3.8) is 0 Å². The lowest BCUT2D eigenvalue weighted by atomic mass is 9.88. The average molecular weight is 244 g/mol. The number of hydrogen-bond donors (Lipinski definition) is 2. The maximum atomic E-state index is 11.4. The molecule has 0 bridgehead atoms. The largest absolute Gasteiger partial charge is 0.465 e. The van der Waals surface area contributed by atoms with Gasteiger partial charge in [0.15, 0.2) is 0 Å². The average Bonchev–Trinajstić information content (AvgIpc) is 2.70. The third-order valence-electron chi connectivity index (χ3n) is 3.47. The molecule has 17 heavy (non-hydrogen) atoms. The molecule has 3 atom stereocenters. The number of carbonyl (C=O) groups is 1. The first-order valence-corrected chi connectivity index (χ1v) is 6.66. The highest BCUT2D eigenvalue weighted by Gasteiger charge is 2.40. The van der Waals surface area contributed by atoms with Gasteiger partial charge in [0.05, 0.1) is 25.2 Å². The number of rotatable bonds is 8. The van der Waals surface area contributed by atoms with Crippen LogP contribution in [0, 0.1) is 11.8 Å². The Morgan fingerprint density at radius 2 is 2.06 bits per heavy atom. The molecule has 0 unspecified atom stereocenters. The molecular formula is C13H24O4. The Labute approximate surface area is 103 Å². The Balaban J connectivity index is 2.25. The van der Waals surface area contributed by atoms with Gasteiger partial charge in [0.25, 0.3) is 0 Å². The Hall–Kier alpha value is -0.610. The normalized spacial score (nSPS) is 25.9. The molecule has 0 aliphatic carbocycles. The summed E-state index contributed by atoms with van der Waals surface area (Å²) in [5, 5.41) is 19.1. The summed E-state index contributed by atoms with van der Waals surface area (Å²) in [7, 11) is 0. The standard InChI is InChI=1S/C13H24O4/c1-2-3-4-5-6-7-11(15)12-10(8-14)9-17-13(12)16/h10-12,14-15H,2-9H2,1H3/t10-,11-,12-/m0/s1. The van der Waals surface area contributed by atoms with Crippen molar-refractivity contribution in [1.82, 2.24) is 0 Å². The van der Waals surface area contributed by atoms with E-state index in [4.69, 9.17) is 9.84 Å². The van der Waals surface area contributed by atoms with E-state index in [-0.39, 0.29) is 25.1 Å². The molecule has 0 radical (unpaired) electrons. The Morgan fingerprint density at radius 3 is 2.71 bits per heavy atom.